The van der Waals surface area contributed by atoms with Crippen LogP contribution in [0.25, 0.3) is 0 Å². The van der Waals surface area contributed by atoms with E-state index in [1.807, 2.05) is 0 Å². The average molecular weight is 397 g/mol. The van der Waals surface area contributed by atoms with Crippen molar-refractivity contribution in [2.45, 2.75) is 6.92 Å². The molecule has 0 unspecified atom stereocenters. The van der Waals surface area contributed by atoms with Crippen LogP contribution >= 0.6 is 11.6 Å². The number of phenolic OH excluding ortho intramolecular Hbond substituents is 3. The van der Waals surface area contributed by atoms with E-state index in [-0.39, 0.29) is 38.8 Å². The molecule has 3 N–H and O–H groups in total. The largest absolute Gasteiger partial charge is 0.508 e. The van der Waals surface area contributed by atoms with Gasteiger partial charge >= 0.3 is 0 Å². The maximum absolute atomic E-state index is 12.9. The molecule has 0 bridgehead atoms. The first kappa shape index (κ1) is 17.9. The van der Waals surface area contributed by atoms with Crippen LogP contribution in [0.3, 0.4) is 0 Å². The van der Waals surface area contributed by atoms with Crippen LogP contribution in [0.5, 0.6) is 28.7 Å². The van der Waals surface area contributed by atoms with Gasteiger partial charge in [-0.3, -0.25) is 9.59 Å². The fourth-order valence-corrected chi connectivity index (χ4v) is 3.35. The molecule has 1 aliphatic rings. The predicted molar refractivity (Wildman–Crippen MR) is 101 cm³/mol. The average Bonchev–Trinajstić information content (AvgIpc) is 2.66. The van der Waals surface area contributed by atoms with E-state index in [2.05, 4.69) is 0 Å². The Morgan fingerprint density at radius 3 is 1.96 bits per heavy atom. The SMILES string of the molecule is Cc1c(O)cccc1Oc1cc2c(cc1Cl)C(=O)c1c(O)ccc(O)c1C2=O. The Hall–Kier alpha value is -3.51. The topological polar surface area (TPSA) is 104 Å². The summed E-state index contributed by atoms with van der Waals surface area (Å²) in [7, 11) is 0. The minimum absolute atomic E-state index is 0.00313. The van der Waals surface area contributed by atoms with Gasteiger partial charge in [0.1, 0.15) is 28.7 Å². The van der Waals surface area contributed by atoms with Crippen LogP contribution in [0.4, 0.5) is 0 Å². The number of halogens is 1. The molecule has 140 valence electrons. The van der Waals surface area contributed by atoms with Gasteiger partial charge in [-0.15, -0.1) is 0 Å². The van der Waals surface area contributed by atoms with E-state index in [0.29, 0.717) is 11.3 Å². The van der Waals surface area contributed by atoms with Gasteiger partial charge in [-0.25, -0.2) is 0 Å². The highest BCUT2D eigenvalue weighted by Crippen LogP contribution is 2.42. The zero-order valence-corrected chi connectivity index (χ0v) is 15.2. The number of fused-ring (bicyclic) bond motifs is 2. The van der Waals surface area contributed by atoms with Crippen molar-refractivity contribution in [1.29, 1.82) is 0 Å². The highest BCUT2D eigenvalue weighted by molar-refractivity contribution is 6.35. The van der Waals surface area contributed by atoms with Gasteiger partial charge in [0.2, 0.25) is 0 Å². The molecule has 0 saturated carbocycles. The summed E-state index contributed by atoms with van der Waals surface area (Å²) in [6, 6.07) is 9.62. The van der Waals surface area contributed by atoms with Gasteiger partial charge < -0.3 is 20.1 Å². The molecule has 28 heavy (non-hydrogen) atoms. The lowest BCUT2D eigenvalue weighted by atomic mass is 9.83. The quantitative estimate of drug-likeness (QED) is 0.435. The standard InChI is InChI=1S/C21H13ClO6/c1-9-13(23)3-2-4-16(9)28-17-8-11-10(7-12(17)22)20(26)18-14(24)5-6-15(25)19(18)21(11)27/h2-8,23-25H,1H3. The molecule has 0 fully saturated rings. The molecular formula is C21H13ClO6. The van der Waals surface area contributed by atoms with Crippen LogP contribution in [0.1, 0.15) is 37.4 Å². The lowest BCUT2D eigenvalue weighted by Crippen LogP contribution is -2.21. The van der Waals surface area contributed by atoms with Gasteiger partial charge in [0.05, 0.1) is 16.1 Å². The summed E-state index contributed by atoms with van der Waals surface area (Å²) < 4.78 is 5.75. The van der Waals surface area contributed by atoms with Crippen molar-refractivity contribution in [1.82, 2.24) is 0 Å². The molecule has 0 spiro atoms. The highest BCUT2D eigenvalue weighted by Gasteiger charge is 2.35. The molecule has 1 aliphatic carbocycles. The summed E-state index contributed by atoms with van der Waals surface area (Å²) >= 11 is 6.25. The van der Waals surface area contributed by atoms with Crippen LogP contribution < -0.4 is 4.74 Å². The fourth-order valence-electron chi connectivity index (χ4n) is 3.15. The zero-order chi connectivity index (χ0) is 20.2. The number of ether oxygens (including phenoxy) is 1. The summed E-state index contributed by atoms with van der Waals surface area (Å²) in [5.41, 5.74) is -0.0454. The normalized spacial score (nSPS) is 12.5. The van der Waals surface area contributed by atoms with Crippen molar-refractivity contribution >= 4 is 23.2 Å². The Balaban J connectivity index is 1.86. The van der Waals surface area contributed by atoms with Crippen LogP contribution in [-0.2, 0) is 0 Å². The maximum atomic E-state index is 12.9. The van der Waals surface area contributed by atoms with E-state index >= 15 is 0 Å². The van der Waals surface area contributed by atoms with Crippen molar-refractivity contribution in [2.24, 2.45) is 0 Å². The first-order valence-corrected chi connectivity index (χ1v) is 8.61. The van der Waals surface area contributed by atoms with Gasteiger partial charge in [-0.2, -0.15) is 0 Å². The van der Waals surface area contributed by atoms with E-state index in [1.165, 1.54) is 18.2 Å². The summed E-state index contributed by atoms with van der Waals surface area (Å²) in [6.45, 7) is 1.66. The summed E-state index contributed by atoms with van der Waals surface area (Å²) in [5, 5.41) is 29.9. The molecule has 0 saturated heterocycles. The van der Waals surface area contributed by atoms with Gasteiger partial charge in [0, 0.05) is 16.7 Å². The number of carbonyl (C=O) groups is 2. The van der Waals surface area contributed by atoms with Crippen LogP contribution in [-0.4, -0.2) is 26.9 Å². The molecule has 0 aliphatic heterocycles. The van der Waals surface area contributed by atoms with E-state index in [4.69, 9.17) is 16.3 Å². The third-order valence-electron chi connectivity index (χ3n) is 4.65. The van der Waals surface area contributed by atoms with Gasteiger partial charge in [-0.05, 0) is 43.3 Å². The summed E-state index contributed by atoms with van der Waals surface area (Å²) in [5.74, 6) is -1.59. The Morgan fingerprint density at radius 2 is 1.36 bits per heavy atom. The Kier molecular flexibility index (Phi) is 4.01. The van der Waals surface area contributed by atoms with E-state index < -0.39 is 23.1 Å². The monoisotopic (exact) mass is 396 g/mol. The molecule has 0 atom stereocenters. The number of hydrogen-bond donors (Lipinski definition) is 3. The lowest BCUT2D eigenvalue weighted by Gasteiger charge is -2.21. The Bertz CT molecular complexity index is 1180. The zero-order valence-electron chi connectivity index (χ0n) is 14.5. The third kappa shape index (κ3) is 2.58. The van der Waals surface area contributed by atoms with E-state index in [1.54, 1.807) is 19.1 Å². The second-order valence-electron chi connectivity index (χ2n) is 6.34. The first-order valence-electron chi connectivity index (χ1n) is 8.24. The van der Waals surface area contributed by atoms with E-state index in [9.17, 15) is 24.9 Å². The van der Waals surface area contributed by atoms with Crippen molar-refractivity contribution < 1.29 is 29.6 Å². The van der Waals surface area contributed by atoms with Crippen molar-refractivity contribution in [3.63, 3.8) is 0 Å². The lowest BCUT2D eigenvalue weighted by molar-refractivity contribution is 0.0974. The molecule has 0 radical (unpaired) electrons. The second kappa shape index (κ2) is 6.28. The molecule has 0 heterocycles. The molecule has 0 amide bonds. The predicted octanol–water partition coefficient (Wildman–Crippen LogP) is 4.33. The van der Waals surface area contributed by atoms with E-state index in [0.717, 1.165) is 12.1 Å². The van der Waals surface area contributed by atoms with Gasteiger partial charge in [0.15, 0.2) is 11.6 Å². The Morgan fingerprint density at radius 1 is 0.786 bits per heavy atom. The summed E-state index contributed by atoms with van der Waals surface area (Å²) in [6.07, 6.45) is 0. The minimum atomic E-state index is -0.632. The first-order chi connectivity index (χ1) is 13.3. The van der Waals surface area contributed by atoms with Crippen LogP contribution in [0.15, 0.2) is 42.5 Å². The molecule has 3 aromatic carbocycles. The molecule has 3 aromatic rings. The number of hydrogen-bond acceptors (Lipinski definition) is 6. The number of rotatable bonds is 2. The summed E-state index contributed by atoms with van der Waals surface area (Å²) in [4.78, 5) is 25.7. The van der Waals surface area contributed by atoms with Crippen LogP contribution in [0.2, 0.25) is 5.02 Å². The number of ketones is 2. The number of carbonyl (C=O) groups excluding carboxylic acids is 2. The second-order valence-corrected chi connectivity index (χ2v) is 6.75. The number of aromatic hydroxyl groups is 3. The van der Waals surface area contributed by atoms with Gasteiger partial charge in [0.25, 0.3) is 0 Å². The molecule has 7 heteroatoms. The maximum Gasteiger partial charge on any atom is 0.198 e. The fraction of sp³-hybridized carbons (Fsp3) is 0.0476. The van der Waals surface area contributed by atoms with Gasteiger partial charge in [-0.1, -0.05) is 17.7 Å². The smallest absolute Gasteiger partial charge is 0.198 e. The molecule has 4 rings (SSSR count). The van der Waals surface area contributed by atoms with Crippen molar-refractivity contribution in [2.75, 3.05) is 0 Å². The third-order valence-corrected chi connectivity index (χ3v) is 4.95. The van der Waals surface area contributed by atoms with Crippen LogP contribution in [0, 0.1) is 6.92 Å². The van der Waals surface area contributed by atoms with Crippen molar-refractivity contribution in [3.05, 3.63) is 75.3 Å². The van der Waals surface area contributed by atoms with Crippen molar-refractivity contribution in [3.8, 4) is 28.7 Å². The highest BCUT2D eigenvalue weighted by atomic mass is 35.5. The number of benzene rings is 3. The molecular weight excluding hydrogens is 384 g/mol. The number of phenols is 3. The molecule has 6 nitrogen and oxygen atoms in total. The minimum Gasteiger partial charge on any atom is -0.508 e. The molecule has 0 aromatic heterocycles. The Labute approximate surface area is 164 Å².